The number of carboxylic acids is 1. The number of rotatable bonds is 3. The van der Waals surface area contributed by atoms with E-state index in [9.17, 15) is 14.7 Å². The Balaban J connectivity index is 2.27. The minimum atomic E-state index is -1.05. The molecule has 1 aromatic heterocycles. The van der Waals surface area contributed by atoms with Crippen molar-refractivity contribution in [3.05, 3.63) is 39.7 Å². The number of benzene rings is 1. The number of carboxylic acid groups (broad SMARTS) is 1. The highest BCUT2D eigenvalue weighted by Gasteiger charge is 2.25. The molecule has 22 heavy (non-hydrogen) atoms. The van der Waals surface area contributed by atoms with Crippen LogP contribution >= 0.6 is 0 Å². The third-order valence-electron chi connectivity index (χ3n) is 4.37. The van der Waals surface area contributed by atoms with Crippen molar-refractivity contribution in [2.75, 3.05) is 0 Å². The number of phenols is 1. The Kier molecular flexibility index (Phi) is 3.88. The summed E-state index contributed by atoms with van der Waals surface area (Å²) < 4.78 is 5.25. The van der Waals surface area contributed by atoms with E-state index in [-0.39, 0.29) is 23.7 Å². The van der Waals surface area contributed by atoms with E-state index in [1.165, 1.54) is 6.07 Å². The van der Waals surface area contributed by atoms with E-state index < -0.39 is 11.6 Å². The van der Waals surface area contributed by atoms with Crippen molar-refractivity contribution < 1.29 is 19.4 Å². The van der Waals surface area contributed by atoms with E-state index in [1.807, 2.05) is 0 Å². The van der Waals surface area contributed by atoms with E-state index >= 15 is 0 Å². The van der Waals surface area contributed by atoms with Crippen LogP contribution in [-0.4, -0.2) is 16.2 Å². The highest BCUT2D eigenvalue weighted by Crippen LogP contribution is 2.38. The number of hydrogen-bond donors (Lipinski definition) is 2. The average Bonchev–Trinajstić information content (AvgIpc) is 2.49. The van der Waals surface area contributed by atoms with Crippen LogP contribution in [0.15, 0.2) is 27.4 Å². The van der Waals surface area contributed by atoms with Gasteiger partial charge in [-0.1, -0.05) is 19.3 Å². The van der Waals surface area contributed by atoms with Crippen LogP contribution in [-0.2, 0) is 11.2 Å². The normalized spacial score (nSPS) is 16.0. The second-order valence-corrected chi connectivity index (χ2v) is 5.87. The van der Waals surface area contributed by atoms with Crippen LogP contribution in [0.1, 0.15) is 49.1 Å². The van der Waals surface area contributed by atoms with E-state index in [0.29, 0.717) is 11.0 Å². The molecule has 5 heteroatoms. The molecule has 2 aromatic rings. The predicted octanol–water partition coefficient (Wildman–Crippen LogP) is 3.17. The van der Waals surface area contributed by atoms with Gasteiger partial charge in [0.25, 0.3) is 0 Å². The topological polar surface area (TPSA) is 87.7 Å². The molecule has 116 valence electrons. The first-order valence-electron chi connectivity index (χ1n) is 7.56. The monoisotopic (exact) mass is 302 g/mol. The van der Waals surface area contributed by atoms with Gasteiger partial charge in [-0.15, -0.1) is 0 Å². The number of carbonyl (C=O) groups is 1. The van der Waals surface area contributed by atoms with Crippen molar-refractivity contribution in [1.82, 2.24) is 0 Å². The zero-order valence-corrected chi connectivity index (χ0v) is 12.2. The number of aliphatic carboxylic acids is 1. The zero-order valence-electron chi connectivity index (χ0n) is 12.2. The molecule has 0 aliphatic heterocycles. The molecule has 0 spiro atoms. The maximum absolute atomic E-state index is 12.2. The summed E-state index contributed by atoms with van der Waals surface area (Å²) in [5.74, 6) is -0.819. The van der Waals surface area contributed by atoms with Gasteiger partial charge in [0.2, 0.25) is 0 Å². The Morgan fingerprint density at radius 2 is 1.95 bits per heavy atom. The van der Waals surface area contributed by atoms with E-state index in [1.54, 1.807) is 12.1 Å². The second-order valence-electron chi connectivity index (χ2n) is 5.87. The van der Waals surface area contributed by atoms with Gasteiger partial charge in [0.05, 0.1) is 12.0 Å². The molecule has 2 N–H and O–H groups in total. The average molecular weight is 302 g/mol. The molecule has 3 rings (SSSR count). The van der Waals surface area contributed by atoms with Gasteiger partial charge >= 0.3 is 11.6 Å². The molecule has 0 bridgehead atoms. The molecule has 1 fully saturated rings. The summed E-state index contributed by atoms with van der Waals surface area (Å²) in [4.78, 5) is 23.4. The van der Waals surface area contributed by atoms with Crippen molar-refractivity contribution >= 4 is 16.9 Å². The van der Waals surface area contributed by atoms with Crippen LogP contribution in [0.5, 0.6) is 5.75 Å². The number of hydrogen-bond acceptors (Lipinski definition) is 4. The summed E-state index contributed by atoms with van der Waals surface area (Å²) in [5, 5.41) is 19.5. The van der Waals surface area contributed by atoms with Gasteiger partial charge in [-0.3, -0.25) is 4.79 Å². The summed E-state index contributed by atoms with van der Waals surface area (Å²) in [6, 6.07) is 4.59. The van der Waals surface area contributed by atoms with Crippen molar-refractivity contribution in [1.29, 1.82) is 0 Å². The van der Waals surface area contributed by atoms with Crippen molar-refractivity contribution in [2.24, 2.45) is 0 Å². The second kappa shape index (κ2) is 5.83. The summed E-state index contributed by atoms with van der Waals surface area (Å²) in [6.45, 7) is 0. The van der Waals surface area contributed by atoms with E-state index in [4.69, 9.17) is 9.52 Å². The number of aromatic hydroxyl groups is 1. The van der Waals surface area contributed by atoms with Crippen molar-refractivity contribution in [3.8, 4) is 5.75 Å². The van der Waals surface area contributed by atoms with Gasteiger partial charge in [0, 0.05) is 5.39 Å². The lowest BCUT2D eigenvalue weighted by Crippen LogP contribution is -2.19. The van der Waals surface area contributed by atoms with Crippen LogP contribution < -0.4 is 5.63 Å². The van der Waals surface area contributed by atoms with Gasteiger partial charge in [-0.25, -0.2) is 4.79 Å². The maximum Gasteiger partial charge on any atom is 0.340 e. The van der Waals surface area contributed by atoms with Crippen LogP contribution in [0.25, 0.3) is 11.0 Å². The first kappa shape index (κ1) is 14.6. The standard InChI is InChI=1S/C17H18O5/c18-11-6-7-14-12(8-11)16(10-4-2-1-3-5-10)13(9-15(19)20)17(21)22-14/h6-8,10,18H,1-5,9H2,(H,19,20). The number of fused-ring (bicyclic) bond motifs is 1. The zero-order chi connectivity index (χ0) is 15.7. The van der Waals surface area contributed by atoms with E-state index in [0.717, 1.165) is 37.7 Å². The third-order valence-corrected chi connectivity index (χ3v) is 4.37. The van der Waals surface area contributed by atoms with Crippen molar-refractivity contribution in [2.45, 2.75) is 44.4 Å². The molecule has 5 nitrogen and oxygen atoms in total. The first-order valence-corrected chi connectivity index (χ1v) is 7.56. The minimum Gasteiger partial charge on any atom is -0.508 e. The molecule has 1 saturated carbocycles. The Morgan fingerprint density at radius 1 is 1.23 bits per heavy atom. The van der Waals surface area contributed by atoms with Crippen LogP contribution in [0.2, 0.25) is 0 Å². The van der Waals surface area contributed by atoms with Crippen molar-refractivity contribution in [3.63, 3.8) is 0 Å². The lowest BCUT2D eigenvalue weighted by atomic mass is 9.80. The lowest BCUT2D eigenvalue weighted by molar-refractivity contribution is -0.136. The minimum absolute atomic E-state index is 0.0830. The molecule has 0 atom stereocenters. The highest BCUT2D eigenvalue weighted by atomic mass is 16.4. The van der Waals surface area contributed by atoms with Crippen LogP contribution in [0, 0.1) is 0 Å². The van der Waals surface area contributed by atoms with E-state index in [2.05, 4.69) is 0 Å². The molecule has 0 radical (unpaired) electrons. The first-order chi connectivity index (χ1) is 10.6. The molecule has 1 aromatic carbocycles. The predicted molar refractivity (Wildman–Crippen MR) is 81.3 cm³/mol. The fourth-order valence-corrected chi connectivity index (χ4v) is 3.43. The smallest absolute Gasteiger partial charge is 0.340 e. The maximum atomic E-state index is 12.2. The van der Waals surface area contributed by atoms with Gasteiger partial charge < -0.3 is 14.6 Å². The largest absolute Gasteiger partial charge is 0.508 e. The highest BCUT2D eigenvalue weighted by molar-refractivity contribution is 5.84. The molecular weight excluding hydrogens is 284 g/mol. The van der Waals surface area contributed by atoms with Gasteiger partial charge in [-0.2, -0.15) is 0 Å². The molecule has 1 aliphatic rings. The molecular formula is C17H18O5. The van der Waals surface area contributed by atoms with Crippen LogP contribution in [0.4, 0.5) is 0 Å². The Bertz CT molecular complexity index is 768. The molecule has 0 amide bonds. The Morgan fingerprint density at radius 3 is 2.64 bits per heavy atom. The Labute approximate surface area is 127 Å². The Hall–Kier alpha value is -2.30. The molecule has 0 unspecified atom stereocenters. The summed E-state index contributed by atoms with van der Waals surface area (Å²) in [6.07, 6.45) is 4.81. The summed E-state index contributed by atoms with van der Waals surface area (Å²) in [5.41, 5.74) is 0.792. The van der Waals surface area contributed by atoms with Gasteiger partial charge in [-0.05, 0) is 42.5 Å². The molecule has 1 heterocycles. The fraction of sp³-hybridized carbons (Fsp3) is 0.412. The lowest BCUT2D eigenvalue weighted by Gasteiger charge is -2.24. The van der Waals surface area contributed by atoms with Gasteiger partial charge in [0.1, 0.15) is 11.3 Å². The molecule has 0 saturated heterocycles. The summed E-state index contributed by atoms with van der Waals surface area (Å²) >= 11 is 0. The third kappa shape index (κ3) is 2.71. The number of phenolic OH excluding ortho intramolecular Hbond substituents is 1. The van der Waals surface area contributed by atoms with Crippen LogP contribution in [0.3, 0.4) is 0 Å². The summed E-state index contributed by atoms with van der Waals surface area (Å²) in [7, 11) is 0. The fourth-order valence-electron chi connectivity index (χ4n) is 3.43. The molecule has 1 aliphatic carbocycles. The SMILES string of the molecule is O=C(O)Cc1c(C2CCCCC2)c2cc(O)ccc2oc1=O. The quantitative estimate of drug-likeness (QED) is 0.850. The van der Waals surface area contributed by atoms with Gasteiger partial charge in [0.15, 0.2) is 0 Å².